The topological polar surface area (TPSA) is 55.1 Å². The van der Waals surface area contributed by atoms with Gasteiger partial charge in [-0.15, -0.1) is 0 Å². The zero-order valence-electron chi connectivity index (χ0n) is 12.0. The van der Waals surface area contributed by atoms with Crippen molar-refractivity contribution < 1.29 is 9.21 Å². The lowest BCUT2D eigenvalue weighted by molar-refractivity contribution is -0.116. The number of rotatable bonds is 5. The highest BCUT2D eigenvalue weighted by Crippen LogP contribution is 2.20. The Kier molecular flexibility index (Phi) is 4.30. The number of anilines is 1. The van der Waals surface area contributed by atoms with Crippen molar-refractivity contribution in [2.75, 3.05) is 5.32 Å². The van der Waals surface area contributed by atoms with Gasteiger partial charge in [0.25, 0.3) is 0 Å². The van der Waals surface area contributed by atoms with Crippen LogP contribution in [-0.2, 0) is 11.2 Å². The van der Waals surface area contributed by atoms with Crippen LogP contribution in [0.15, 0.2) is 71.3 Å². The number of aromatic nitrogens is 1. The predicted octanol–water partition coefficient (Wildman–Crippen LogP) is 3.91. The molecule has 1 aromatic heterocycles. The van der Waals surface area contributed by atoms with Gasteiger partial charge in [0.2, 0.25) is 5.91 Å². The molecule has 1 heterocycles. The summed E-state index contributed by atoms with van der Waals surface area (Å²) in [6, 6.07) is 19.2. The maximum atomic E-state index is 11.9. The maximum Gasteiger partial charge on any atom is 0.224 e. The quantitative estimate of drug-likeness (QED) is 0.775. The Balaban J connectivity index is 1.56. The minimum atomic E-state index is -0.0503. The average Bonchev–Trinajstić information content (AvgIpc) is 3.04. The van der Waals surface area contributed by atoms with Crippen LogP contribution in [0.3, 0.4) is 0 Å². The molecule has 110 valence electrons. The van der Waals surface area contributed by atoms with E-state index >= 15 is 0 Å². The molecule has 0 atom stereocenters. The van der Waals surface area contributed by atoms with Crippen molar-refractivity contribution in [1.82, 2.24) is 4.98 Å². The highest BCUT2D eigenvalue weighted by atomic mass is 16.4. The van der Waals surface area contributed by atoms with Crippen LogP contribution in [-0.4, -0.2) is 10.9 Å². The summed E-state index contributed by atoms with van der Waals surface area (Å²) in [5.41, 5.74) is 1.78. The summed E-state index contributed by atoms with van der Waals surface area (Å²) in [6.07, 6.45) is 2.51. The minimum absolute atomic E-state index is 0.0503. The predicted molar refractivity (Wildman–Crippen MR) is 85.3 cm³/mol. The number of benzene rings is 2. The first kappa shape index (κ1) is 14.1. The van der Waals surface area contributed by atoms with Gasteiger partial charge in [-0.05, 0) is 12.1 Å². The van der Waals surface area contributed by atoms with Gasteiger partial charge in [0.1, 0.15) is 0 Å². The molecule has 0 saturated heterocycles. The van der Waals surface area contributed by atoms with E-state index in [9.17, 15) is 4.79 Å². The molecular weight excluding hydrogens is 276 g/mol. The SMILES string of the molecule is O=C(CCc1ncc(-c2ccccc2)o1)Nc1ccccc1. The normalized spacial score (nSPS) is 10.4. The summed E-state index contributed by atoms with van der Waals surface area (Å²) in [5, 5.41) is 2.84. The second kappa shape index (κ2) is 6.72. The molecule has 3 aromatic rings. The van der Waals surface area contributed by atoms with Crippen molar-refractivity contribution in [2.24, 2.45) is 0 Å². The van der Waals surface area contributed by atoms with Crippen LogP contribution in [0.2, 0.25) is 0 Å². The van der Waals surface area contributed by atoms with Gasteiger partial charge in [-0.2, -0.15) is 0 Å². The summed E-state index contributed by atoms with van der Waals surface area (Å²) in [4.78, 5) is 16.1. The van der Waals surface area contributed by atoms with Crippen LogP contribution in [0.25, 0.3) is 11.3 Å². The van der Waals surface area contributed by atoms with Gasteiger partial charge < -0.3 is 9.73 Å². The van der Waals surface area contributed by atoms with E-state index in [0.29, 0.717) is 18.7 Å². The minimum Gasteiger partial charge on any atom is -0.441 e. The van der Waals surface area contributed by atoms with Crippen molar-refractivity contribution in [3.05, 3.63) is 72.8 Å². The third kappa shape index (κ3) is 3.61. The van der Waals surface area contributed by atoms with Gasteiger partial charge in [-0.1, -0.05) is 48.5 Å². The number of aryl methyl sites for hydroxylation is 1. The van der Waals surface area contributed by atoms with Crippen LogP contribution in [0.5, 0.6) is 0 Å². The zero-order chi connectivity index (χ0) is 15.2. The van der Waals surface area contributed by atoms with E-state index in [2.05, 4.69) is 10.3 Å². The molecule has 1 amide bonds. The number of hydrogen-bond acceptors (Lipinski definition) is 3. The molecule has 0 bridgehead atoms. The van der Waals surface area contributed by atoms with Gasteiger partial charge in [-0.25, -0.2) is 4.98 Å². The Morgan fingerprint density at radius 2 is 1.68 bits per heavy atom. The Bertz CT molecular complexity index is 736. The molecule has 3 rings (SSSR count). The van der Waals surface area contributed by atoms with Gasteiger partial charge in [0.15, 0.2) is 11.7 Å². The van der Waals surface area contributed by atoms with E-state index in [0.717, 1.165) is 17.0 Å². The second-order valence-electron chi connectivity index (χ2n) is 4.90. The summed E-state index contributed by atoms with van der Waals surface area (Å²) in [7, 11) is 0. The van der Waals surface area contributed by atoms with E-state index in [1.165, 1.54) is 0 Å². The zero-order valence-corrected chi connectivity index (χ0v) is 12.0. The molecule has 0 radical (unpaired) electrons. The molecule has 0 aliphatic carbocycles. The molecule has 4 nitrogen and oxygen atoms in total. The number of carbonyl (C=O) groups excluding carboxylic acids is 1. The number of hydrogen-bond donors (Lipinski definition) is 1. The molecule has 0 unspecified atom stereocenters. The lowest BCUT2D eigenvalue weighted by Crippen LogP contribution is -2.12. The molecular formula is C18H16N2O2. The van der Waals surface area contributed by atoms with Gasteiger partial charge >= 0.3 is 0 Å². The molecule has 0 aliphatic heterocycles. The van der Waals surface area contributed by atoms with Crippen LogP contribution >= 0.6 is 0 Å². The molecule has 0 aliphatic rings. The smallest absolute Gasteiger partial charge is 0.224 e. The van der Waals surface area contributed by atoms with Crippen molar-refractivity contribution in [1.29, 1.82) is 0 Å². The Labute approximate surface area is 128 Å². The Morgan fingerprint density at radius 1 is 1.00 bits per heavy atom. The first-order valence-electron chi connectivity index (χ1n) is 7.16. The number of amides is 1. The van der Waals surface area contributed by atoms with Crippen molar-refractivity contribution in [2.45, 2.75) is 12.8 Å². The monoisotopic (exact) mass is 292 g/mol. The number of nitrogens with one attached hydrogen (secondary N) is 1. The second-order valence-corrected chi connectivity index (χ2v) is 4.90. The Hall–Kier alpha value is -2.88. The standard InChI is InChI=1S/C18H16N2O2/c21-17(20-15-9-5-2-6-10-15)11-12-18-19-13-16(22-18)14-7-3-1-4-8-14/h1-10,13H,11-12H2,(H,20,21). The Morgan fingerprint density at radius 3 is 2.41 bits per heavy atom. The average molecular weight is 292 g/mol. The maximum absolute atomic E-state index is 11.9. The molecule has 0 saturated carbocycles. The van der Waals surface area contributed by atoms with Gasteiger partial charge in [0.05, 0.1) is 6.20 Å². The van der Waals surface area contributed by atoms with Crippen LogP contribution in [0.1, 0.15) is 12.3 Å². The van der Waals surface area contributed by atoms with E-state index in [1.807, 2.05) is 60.7 Å². The van der Waals surface area contributed by atoms with E-state index in [-0.39, 0.29) is 5.91 Å². The van der Waals surface area contributed by atoms with E-state index in [1.54, 1.807) is 6.20 Å². The van der Waals surface area contributed by atoms with Crippen molar-refractivity contribution in [3.8, 4) is 11.3 Å². The fraction of sp³-hybridized carbons (Fsp3) is 0.111. The van der Waals surface area contributed by atoms with Crippen molar-refractivity contribution >= 4 is 11.6 Å². The highest BCUT2D eigenvalue weighted by Gasteiger charge is 2.09. The molecule has 4 heteroatoms. The molecule has 0 fully saturated rings. The third-order valence-corrected chi connectivity index (χ3v) is 3.24. The number of oxazole rings is 1. The molecule has 0 spiro atoms. The fourth-order valence-corrected chi connectivity index (χ4v) is 2.13. The summed E-state index contributed by atoms with van der Waals surface area (Å²) >= 11 is 0. The molecule has 22 heavy (non-hydrogen) atoms. The molecule has 2 aromatic carbocycles. The first-order chi connectivity index (χ1) is 10.8. The van der Waals surface area contributed by atoms with Gasteiger partial charge in [-0.3, -0.25) is 4.79 Å². The highest BCUT2D eigenvalue weighted by molar-refractivity contribution is 5.90. The van der Waals surface area contributed by atoms with Gasteiger partial charge in [0, 0.05) is 24.1 Å². The van der Waals surface area contributed by atoms with E-state index < -0.39 is 0 Å². The summed E-state index contributed by atoms with van der Waals surface area (Å²) in [6.45, 7) is 0. The first-order valence-corrected chi connectivity index (χ1v) is 7.16. The third-order valence-electron chi connectivity index (χ3n) is 3.24. The summed E-state index contributed by atoms with van der Waals surface area (Å²) in [5.74, 6) is 1.24. The number of carbonyl (C=O) groups is 1. The van der Waals surface area contributed by atoms with Crippen LogP contribution in [0, 0.1) is 0 Å². The number of nitrogens with zero attached hydrogens (tertiary/aromatic N) is 1. The van der Waals surface area contributed by atoms with E-state index in [4.69, 9.17) is 4.42 Å². The largest absolute Gasteiger partial charge is 0.441 e. The number of para-hydroxylation sites is 1. The van der Waals surface area contributed by atoms with Crippen LogP contribution < -0.4 is 5.32 Å². The van der Waals surface area contributed by atoms with Crippen molar-refractivity contribution in [3.63, 3.8) is 0 Å². The molecule has 1 N–H and O–H groups in total. The van der Waals surface area contributed by atoms with Crippen LogP contribution in [0.4, 0.5) is 5.69 Å². The lowest BCUT2D eigenvalue weighted by Gasteiger charge is -2.03. The fourth-order valence-electron chi connectivity index (χ4n) is 2.13. The lowest BCUT2D eigenvalue weighted by atomic mass is 10.2. The summed E-state index contributed by atoms with van der Waals surface area (Å²) < 4.78 is 5.68.